The first-order valence-electron chi connectivity index (χ1n) is 9.28. The number of amides is 2. The molecule has 2 amide bonds. The number of aromatic nitrogens is 1. The summed E-state index contributed by atoms with van der Waals surface area (Å²) in [4.78, 5) is 20.9. The van der Waals surface area contributed by atoms with E-state index in [1.54, 1.807) is 0 Å². The SMILES string of the molecule is CCCC1CC1NC(=O)N1CCC(CN(C)Cc2cccnc2)C1. The molecule has 24 heavy (non-hydrogen) atoms. The van der Waals surface area contributed by atoms with Crippen LogP contribution in [0.2, 0.25) is 0 Å². The molecule has 3 rings (SSSR count). The highest BCUT2D eigenvalue weighted by Gasteiger charge is 2.38. The minimum Gasteiger partial charge on any atom is -0.335 e. The van der Waals surface area contributed by atoms with Crippen molar-refractivity contribution in [1.29, 1.82) is 0 Å². The first kappa shape index (κ1) is 17.2. The number of urea groups is 1. The van der Waals surface area contributed by atoms with Gasteiger partial charge in [0.05, 0.1) is 0 Å². The van der Waals surface area contributed by atoms with E-state index in [9.17, 15) is 4.79 Å². The van der Waals surface area contributed by atoms with Crippen molar-refractivity contribution in [2.24, 2.45) is 11.8 Å². The summed E-state index contributed by atoms with van der Waals surface area (Å²) in [5, 5.41) is 3.21. The van der Waals surface area contributed by atoms with Crippen molar-refractivity contribution in [3.05, 3.63) is 30.1 Å². The Balaban J connectivity index is 1.38. The zero-order valence-electron chi connectivity index (χ0n) is 14.9. The van der Waals surface area contributed by atoms with Crippen molar-refractivity contribution < 1.29 is 4.79 Å². The maximum Gasteiger partial charge on any atom is 0.317 e. The Morgan fingerprint density at radius 3 is 3.12 bits per heavy atom. The van der Waals surface area contributed by atoms with Gasteiger partial charge in [0.2, 0.25) is 0 Å². The molecule has 0 aromatic carbocycles. The molecule has 1 saturated carbocycles. The van der Waals surface area contributed by atoms with Gasteiger partial charge in [0.1, 0.15) is 0 Å². The lowest BCUT2D eigenvalue weighted by Gasteiger charge is -2.22. The number of carbonyl (C=O) groups is 1. The lowest BCUT2D eigenvalue weighted by molar-refractivity contribution is 0.202. The summed E-state index contributed by atoms with van der Waals surface area (Å²) >= 11 is 0. The second kappa shape index (κ2) is 7.97. The number of rotatable bonds is 7. The third-order valence-corrected chi connectivity index (χ3v) is 5.21. The molecule has 1 saturated heterocycles. The highest BCUT2D eigenvalue weighted by Crippen LogP contribution is 2.34. The number of carbonyl (C=O) groups excluding carboxylic acids is 1. The lowest BCUT2D eigenvalue weighted by atomic mass is 10.1. The first-order valence-corrected chi connectivity index (χ1v) is 9.28. The van der Waals surface area contributed by atoms with Gasteiger partial charge in [-0.25, -0.2) is 4.79 Å². The third-order valence-electron chi connectivity index (χ3n) is 5.21. The summed E-state index contributed by atoms with van der Waals surface area (Å²) in [6, 6.07) is 4.68. The van der Waals surface area contributed by atoms with Crippen LogP contribution in [-0.2, 0) is 6.54 Å². The molecule has 1 aromatic rings. The van der Waals surface area contributed by atoms with Crippen LogP contribution in [0.3, 0.4) is 0 Å². The Morgan fingerprint density at radius 2 is 2.38 bits per heavy atom. The van der Waals surface area contributed by atoms with Crippen LogP contribution >= 0.6 is 0 Å². The van der Waals surface area contributed by atoms with Gasteiger partial charge >= 0.3 is 6.03 Å². The fourth-order valence-electron chi connectivity index (χ4n) is 3.84. The molecule has 1 aliphatic heterocycles. The predicted octanol–water partition coefficient (Wildman–Crippen LogP) is 2.73. The molecule has 0 radical (unpaired) electrons. The van der Waals surface area contributed by atoms with Crippen LogP contribution in [0, 0.1) is 11.8 Å². The van der Waals surface area contributed by atoms with Crippen LogP contribution in [0.5, 0.6) is 0 Å². The minimum absolute atomic E-state index is 0.149. The maximum absolute atomic E-state index is 12.4. The van der Waals surface area contributed by atoms with Crippen LogP contribution < -0.4 is 5.32 Å². The zero-order chi connectivity index (χ0) is 16.9. The molecule has 0 bridgehead atoms. The summed E-state index contributed by atoms with van der Waals surface area (Å²) in [7, 11) is 2.15. The molecule has 132 valence electrons. The summed E-state index contributed by atoms with van der Waals surface area (Å²) in [5.41, 5.74) is 1.24. The normalized spacial score (nSPS) is 26.0. The summed E-state index contributed by atoms with van der Waals surface area (Å²) in [6.45, 7) is 5.93. The largest absolute Gasteiger partial charge is 0.335 e. The number of hydrogen-bond donors (Lipinski definition) is 1. The first-order chi connectivity index (χ1) is 11.7. The Bertz CT molecular complexity index is 535. The van der Waals surface area contributed by atoms with E-state index >= 15 is 0 Å². The molecular weight excluding hydrogens is 300 g/mol. The average Bonchev–Trinajstić information content (AvgIpc) is 3.11. The van der Waals surface area contributed by atoms with E-state index in [2.05, 4.69) is 35.2 Å². The second-order valence-electron chi connectivity index (χ2n) is 7.50. The lowest BCUT2D eigenvalue weighted by Crippen LogP contribution is -2.40. The molecule has 2 aliphatic rings. The van der Waals surface area contributed by atoms with E-state index in [1.807, 2.05) is 23.4 Å². The van der Waals surface area contributed by atoms with E-state index in [0.29, 0.717) is 12.0 Å². The molecule has 5 heteroatoms. The molecule has 2 fully saturated rings. The highest BCUT2D eigenvalue weighted by atomic mass is 16.2. The van der Waals surface area contributed by atoms with Crippen LogP contribution in [0.1, 0.15) is 38.2 Å². The van der Waals surface area contributed by atoms with Gasteiger partial charge in [0.15, 0.2) is 0 Å². The number of likely N-dealkylation sites (tertiary alicyclic amines) is 1. The monoisotopic (exact) mass is 330 g/mol. The van der Waals surface area contributed by atoms with Crippen LogP contribution in [0.15, 0.2) is 24.5 Å². The third kappa shape index (κ3) is 4.69. The number of nitrogens with zero attached hydrogens (tertiary/aromatic N) is 3. The second-order valence-corrected chi connectivity index (χ2v) is 7.50. The maximum atomic E-state index is 12.4. The van der Waals surface area contributed by atoms with Crippen LogP contribution in [0.25, 0.3) is 0 Å². The van der Waals surface area contributed by atoms with Gasteiger partial charge in [-0.15, -0.1) is 0 Å². The topological polar surface area (TPSA) is 48.5 Å². The molecule has 5 nitrogen and oxygen atoms in total. The van der Waals surface area contributed by atoms with Gasteiger partial charge in [0, 0.05) is 44.6 Å². The molecular formula is C19H30N4O. The van der Waals surface area contributed by atoms with Gasteiger partial charge in [-0.3, -0.25) is 4.98 Å². The van der Waals surface area contributed by atoms with E-state index in [-0.39, 0.29) is 6.03 Å². The Labute approximate surface area is 145 Å². The highest BCUT2D eigenvalue weighted by molar-refractivity contribution is 5.75. The Hall–Kier alpha value is -1.62. The quantitative estimate of drug-likeness (QED) is 0.836. The molecule has 3 atom stereocenters. The van der Waals surface area contributed by atoms with E-state index in [0.717, 1.165) is 38.5 Å². The van der Waals surface area contributed by atoms with Gasteiger partial charge in [-0.1, -0.05) is 19.4 Å². The summed E-state index contributed by atoms with van der Waals surface area (Å²) in [5.74, 6) is 1.30. The van der Waals surface area contributed by atoms with Crippen LogP contribution in [-0.4, -0.2) is 53.5 Å². The molecule has 1 N–H and O–H groups in total. The minimum atomic E-state index is 0.149. The Morgan fingerprint density at radius 1 is 1.50 bits per heavy atom. The molecule has 2 heterocycles. The van der Waals surface area contributed by atoms with Crippen molar-refractivity contribution in [3.63, 3.8) is 0 Å². The van der Waals surface area contributed by atoms with Crippen molar-refractivity contribution in [2.45, 2.75) is 45.2 Å². The molecule has 1 aromatic heterocycles. The van der Waals surface area contributed by atoms with E-state index < -0.39 is 0 Å². The van der Waals surface area contributed by atoms with Crippen molar-refractivity contribution in [1.82, 2.24) is 20.1 Å². The Kier molecular flexibility index (Phi) is 5.72. The summed E-state index contributed by atoms with van der Waals surface area (Å²) < 4.78 is 0. The zero-order valence-corrected chi connectivity index (χ0v) is 14.9. The van der Waals surface area contributed by atoms with Crippen LogP contribution in [0.4, 0.5) is 4.79 Å². The smallest absolute Gasteiger partial charge is 0.317 e. The molecule has 0 spiro atoms. The number of pyridine rings is 1. The predicted molar refractivity (Wildman–Crippen MR) is 95.6 cm³/mol. The fourth-order valence-corrected chi connectivity index (χ4v) is 3.84. The van der Waals surface area contributed by atoms with Gasteiger partial charge in [-0.2, -0.15) is 0 Å². The van der Waals surface area contributed by atoms with Gasteiger partial charge in [0.25, 0.3) is 0 Å². The van der Waals surface area contributed by atoms with Crippen molar-refractivity contribution in [2.75, 3.05) is 26.7 Å². The van der Waals surface area contributed by atoms with Crippen molar-refractivity contribution >= 4 is 6.03 Å². The van der Waals surface area contributed by atoms with Crippen molar-refractivity contribution in [3.8, 4) is 0 Å². The molecule has 3 unspecified atom stereocenters. The number of nitrogens with one attached hydrogen (secondary N) is 1. The number of hydrogen-bond acceptors (Lipinski definition) is 3. The standard InChI is InChI=1S/C19H30N4O/c1-3-5-17-10-18(17)21-19(24)23-9-7-16(14-23)13-22(2)12-15-6-4-8-20-11-15/h4,6,8,11,16-18H,3,5,7,9-10,12-14H2,1-2H3,(H,21,24). The van der Waals surface area contributed by atoms with Gasteiger partial charge < -0.3 is 15.1 Å². The summed E-state index contributed by atoms with van der Waals surface area (Å²) in [6.07, 6.45) is 8.46. The molecule has 1 aliphatic carbocycles. The van der Waals surface area contributed by atoms with E-state index in [1.165, 1.54) is 24.8 Å². The average molecular weight is 330 g/mol. The van der Waals surface area contributed by atoms with E-state index in [4.69, 9.17) is 0 Å². The van der Waals surface area contributed by atoms with Gasteiger partial charge in [-0.05, 0) is 49.8 Å². The fraction of sp³-hybridized carbons (Fsp3) is 0.684.